The summed E-state index contributed by atoms with van der Waals surface area (Å²) in [6.45, 7) is 3.52. The van der Waals surface area contributed by atoms with Crippen molar-refractivity contribution in [2.75, 3.05) is 5.32 Å². The Morgan fingerprint density at radius 2 is 1.21 bits per heavy atom. The fourth-order valence-corrected chi connectivity index (χ4v) is 3.14. The van der Waals surface area contributed by atoms with Crippen molar-refractivity contribution in [1.82, 2.24) is 0 Å². The van der Waals surface area contributed by atoms with Crippen molar-refractivity contribution < 1.29 is 33.8 Å². The lowest BCUT2D eigenvalue weighted by Gasteiger charge is -2.23. The van der Waals surface area contributed by atoms with Crippen LogP contribution in [0.4, 0.5) is 5.69 Å². The number of anilines is 1. The SMILES string of the molecule is Cc1cccc(C(=O)O[C@H](C(=O)O)[C@H](OC(=O)c2cccc(C)c2)C(=O)Nc2ccccc2)c1. The third-order valence-corrected chi connectivity index (χ3v) is 4.79. The average molecular weight is 461 g/mol. The predicted molar refractivity (Wildman–Crippen MR) is 123 cm³/mol. The zero-order valence-electron chi connectivity index (χ0n) is 18.6. The summed E-state index contributed by atoms with van der Waals surface area (Å²) in [5, 5.41) is 12.3. The molecule has 0 aromatic heterocycles. The Hall–Kier alpha value is -4.46. The number of ether oxygens (including phenoxy) is 2. The number of carbonyl (C=O) groups is 4. The van der Waals surface area contributed by atoms with Gasteiger partial charge in [-0.15, -0.1) is 0 Å². The van der Waals surface area contributed by atoms with Gasteiger partial charge in [-0.25, -0.2) is 14.4 Å². The largest absolute Gasteiger partial charge is 0.478 e. The number of hydrogen-bond acceptors (Lipinski definition) is 6. The number of carboxylic acids is 1. The molecule has 0 aliphatic rings. The molecular formula is C26H23NO7. The number of amides is 1. The van der Waals surface area contributed by atoms with Gasteiger partial charge in [0.25, 0.3) is 5.91 Å². The normalized spacial score (nSPS) is 12.2. The van der Waals surface area contributed by atoms with Crippen LogP contribution in [0.1, 0.15) is 31.8 Å². The topological polar surface area (TPSA) is 119 Å². The van der Waals surface area contributed by atoms with Crippen LogP contribution in [0.5, 0.6) is 0 Å². The van der Waals surface area contributed by atoms with Crippen LogP contribution in [-0.4, -0.2) is 41.1 Å². The summed E-state index contributed by atoms with van der Waals surface area (Å²) in [5.74, 6) is -4.52. The molecule has 3 aromatic carbocycles. The Bertz CT molecular complexity index is 1210. The summed E-state index contributed by atoms with van der Waals surface area (Å²) < 4.78 is 10.5. The van der Waals surface area contributed by atoms with Crippen molar-refractivity contribution in [1.29, 1.82) is 0 Å². The monoisotopic (exact) mass is 461 g/mol. The number of para-hydroxylation sites is 1. The fourth-order valence-electron chi connectivity index (χ4n) is 3.14. The zero-order valence-corrected chi connectivity index (χ0v) is 18.6. The lowest BCUT2D eigenvalue weighted by Crippen LogP contribution is -2.48. The highest BCUT2D eigenvalue weighted by Gasteiger charge is 2.41. The van der Waals surface area contributed by atoms with Gasteiger partial charge in [0, 0.05) is 5.69 Å². The standard InChI is InChI=1S/C26H23NO7/c1-16-8-6-10-18(14-16)25(31)33-21(23(28)27-20-12-4-3-5-13-20)22(24(29)30)34-26(32)19-11-7-9-17(2)15-19/h3-15,21-22H,1-2H3,(H,27,28)(H,29,30)/t21-,22-/m0/s1. The highest BCUT2D eigenvalue weighted by Crippen LogP contribution is 2.17. The number of carbonyl (C=O) groups excluding carboxylic acids is 3. The van der Waals surface area contributed by atoms with Crippen molar-refractivity contribution >= 4 is 29.5 Å². The molecule has 0 unspecified atom stereocenters. The van der Waals surface area contributed by atoms with E-state index >= 15 is 0 Å². The second-order valence-electron chi connectivity index (χ2n) is 7.58. The first-order valence-corrected chi connectivity index (χ1v) is 10.4. The summed E-state index contributed by atoms with van der Waals surface area (Å²) in [6.07, 6.45) is -4.05. The number of hydrogen-bond donors (Lipinski definition) is 2. The highest BCUT2D eigenvalue weighted by molar-refractivity contribution is 6.01. The Morgan fingerprint density at radius 1 is 0.706 bits per heavy atom. The van der Waals surface area contributed by atoms with E-state index in [9.17, 15) is 24.3 Å². The minimum atomic E-state index is -2.09. The fraction of sp³-hybridized carbons (Fsp3) is 0.154. The van der Waals surface area contributed by atoms with E-state index in [1.807, 2.05) is 0 Å². The molecule has 2 atom stereocenters. The van der Waals surface area contributed by atoms with Gasteiger partial charge in [-0.3, -0.25) is 4.79 Å². The maximum absolute atomic E-state index is 13.0. The molecule has 2 N–H and O–H groups in total. The number of aryl methyl sites for hydroxylation is 2. The quantitative estimate of drug-likeness (QED) is 0.490. The van der Waals surface area contributed by atoms with Crippen LogP contribution >= 0.6 is 0 Å². The van der Waals surface area contributed by atoms with Gasteiger partial charge < -0.3 is 19.9 Å². The number of carboxylic acid groups (broad SMARTS) is 1. The Balaban J connectivity index is 1.91. The van der Waals surface area contributed by atoms with Crippen LogP contribution in [0.2, 0.25) is 0 Å². The van der Waals surface area contributed by atoms with Crippen molar-refractivity contribution in [3.05, 3.63) is 101 Å². The summed E-state index contributed by atoms with van der Waals surface area (Å²) in [5.41, 5.74) is 2.08. The molecule has 0 heterocycles. The van der Waals surface area contributed by atoms with Crippen LogP contribution < -0.4 is 5.32 Å². The first kappa shape index (κ1) is 24.2. The molecule has 34 heavy (non-hydrogen) atoms. The van der Waals surface area contributed by atoms with Gasteiger partial charge in [0.2, 0.25) is 12.2 Å². The minimum absolute atomic E-state index is 0.0958. The maximum Gasteiger partial charge on any atom is 0.349 e. The Labute approximate surface area is 196 Å². The van der Waals surface area contributed by atoms with Gasteiger partial charge >= 0.3 is 17.9 Å². The first-order chi connectivity index (χ1) is 16.2. The van der Waals surface area contributed by atoms with Gasteiger partial charge in [0.15, 0.2) is 0 Å². The molecular weight excluding hydrogens is 438 g/mol. The van der Waals surface area contributed by atoms with E-state index in [1.165, 1.54) is 24.3 Å². The lowest BCUT2D eigenvalue weighted by atomic mass is 10.1. The second-order valence-corrected chi connectivity index (χ2v) is 7.58. The number of benzene rings is 3. The smallest absolute Gasteiger partial charge is 0.349 e. The molecule has 8 nitrogen and oxygen atoms in total. The summed E-state index contributed by atoms with van der Waals surface area (Å²) in [4.78, 5) is 50.5. The summed E-state index contributed by atoms with van der Waals surface area (Å²) >= 11 is 0. The van der Waals surface area contributed by atoms with E-state index < -0.39 is 36.0 Å². The van der Waals surface area contributed by atoms with Crippen LogP contribution in [-0.2, 0) is 19.1 Å². The van der Waals surface area contributed by atoms with Crippen molar-refractivity contribution in [3.63, 3.8) is 0 Å². The lowest BCUT2D eigenvalue weighted by molar-refractivity contribution is -0.157. The van der Waals surface area contributed by atoms with E-state index in [4.69, 9.17) is 9.47 Å². The van der Waals surface area contributed by atoms with Crippen LogP contribution in [0.25, 0.3) is 0 Å². The molecule has 0 bridgehead atoms. The van der Waals surface area contributed by atoms with Crippen molar-refractivity contribution in [2.45, 2.75) is 26.1 Å². The Morgan fingerprint density at radius 3 is 1.68 bits per heavy atom. The molecule has 0 aliphatic carbocycles. The molecule has 8 heteroatoms. The molecule has 0 radical (unpaired) electrons. The van der Waals surface area contributed by atoms with Gasteiger partial charge in [0.05, 0.1) is 11.1 Å². The summed E-state index contributed by atoms with van der Waals surface area (Å²) in [6, 6.07) is 20.9. The molecule has 0 saturated heterocycles. The highest BCUT2D eigenvalue weighted by atomic mass is 16.6. The van der Waals surface area contributed by atoms with Gasteiger partial charge in [0.1, 0.15) is 0 Å². The van der Waals surface area contributed by atoms with Crippen LogP contribution in [0, 0.1) is 13.8 Å². The van der Waals surface area contributed by atoms with Crippen LogP contribution in [0.15, 0.2) is 78.9 Å². The molecule has 3 aromatic rings. The van der Waals surface area contributed by atoms with E-state index in [-0.39, 0.29) is 11.1 Å². The first-order valence-electron chi connectivity index (χ1n) is 10.4. The third kappa shape index (κ3) is 6.29. The van der Waals surface area contributed by atoms with Gasteiger partial charge in [-0.1, -0.05) is 53.6 Å². The third-order valence-electron chi connectivity index (χ3n) is 4.79. The molecule has 0 saturated carbocycles. The number of esters is 2. The molecule has 3 rings (SSSR count). The second kappa shape index (κ2) is 10.9. The minimum Gasteiger partial charge on any atom is -0.478 e. The van der Waals surface area contributed by atoms with Crippen molar-refractivity contribution in [3.8, 4) is 0 Å². The van der Waals surface area contributed by atoms with E-state index in [2.05, 4.69) is 5.32 Å². The maximum atomic E-state index is 13.0. The number of aliphatic carboxylic acids is 1. The number of nitrogens with one attached hydrogen (secondary N) is 1. The Kier molecular flexibility index (Phi) is 7.76. The van der Waals surface area contributed by atoms with E-state index in [0.717, 1.165) is 11.1 Å². The summed E-state index contributed by atoms with van der Waals surface area (Å²) in [7, 11) is 0. The molecule has 1 amide bonds. The average Bonchev–Trinajstić information content (AvgIpc) is 2.81. The molecule has 174 valence electrons. The van der Waals surface area contributed by atoms with Gasteiger partial charge in [-0.05, 0) is 50.2 Å². The van der Waals surface area contributed by atoms with E-state index in [0.29, 0.717) is 5.69 Å². The predicted octanol–water partition coefficient (Wildman–Crippen LogP) is 3.78. The van der Waals surface area contributed by atoms with E-state index in [1.54, 1.807) is 68.4 Å². The number of rotatable bonds is 8. The zero-order chi connectivity index (χ0) is 24.7. The van der Waals surface area contributed by atoms with Gasteiger partial charge in [-0.2, -0.15) is 0 Å². The molecule has 0 aliphatic heterocycles. The van der Waals surface area contributed by atoms with Crippen molar-refractivity contribution in [2.24, 2.45) is 0 Å². The molecule has 0 spiro atoms. The molecule has 0 fully saturated rings. The van der Waals surface area contributed by atoms with Crippen LogP contribution in [0.3, 0.4) is 0 Å².